The van der Waals surface area contributed by atoms with Gasteiger partial charge in [0, 0.05) is 74.6 Å². The molecule has 0 saturated carbocycles. The third-order valence-electron chi connectivity index (χ3n) is 7.34. The minimum absolute atomic E-state index is 0.102. The largest absolute Gasteiger partial charge is 0.367 e. The van der Waals surface area contributed by atoms with Gasteiger partial charge < -0.3 is 25.3 Å². The molecule has 0 radical (unpaired) electrons. The smallest absolute Gasteiger partial charge is 0.228 e. The number of likely N-dealkylation sites (N-methyl/N-ethyl adjacent to an activating group) is 1. The quantitative estimate of drug-likeness (QED) is 0.361. The molecule has 0 spiro atoms. The molecule has 2 aliphatic rings. The number of hydrogen-bond acceptors (Lipinski definition) is 7. The molecule has 39 heavy (non-hydrogen) atoms. The number of hydrogen-bond donors (Lipinski definition) is 2. The molecule has 0 unspecified atom stereocenters. The van der Waals surface area contributed by atoms with Crippen molar-refractivity contribution in [1.29, 1.82) is 0 Å². The van der Waals surface area contributed by atoms with Gasteiger partial charge in [0.2, 0.25) is 17.8 Å². The molecule has 4 aromatic rings. The molecule has 2 N–H and O–H groups in total. The van der Waals surface area contributed by atoms with Gasteiger partial charge in [-0.25, -0.2) is 9.97 Å². The number of carbonyl (C=O) groups excluding carboxylic acids is 2. The molecule has 9 heteroatoms. The van der Waals surface area contributed by atoms with Crippen molar-refractivity contribution in [1.82, 2.24) is 14.9 Å². The third-order valence-corrected chi connectivity index (χ3v) is 7.34. The highest BCUT2D eigenvalue weighted by Crippen LogP contribution is 2.37. The first-order chi connectivity index (χ1) is 18.9. The molecule has 3 aromatic carbocycles. The summed E-state index contributed by atoms with van der Waals surface area (Å²) in [5.74, 6) is 0.534. The lowest BCUT2D eigenvalue weighted by Gasteiger charge is -2.39. The number of nitrogens with zero attached hydrogens (tertiary/aromatic N) is 5. The molecule has 198 valence electrons. The summed E-state index contributed by atoms with van der Waals surface area (Å²) in [4.78, 5) is 39.8. The van der Waals surface area contributed by atoms with Crippen molar-refractivity contribution >= 4 is 51.4 Å². The fourth-order valence-corrected chi connectivity index (χ4v) is 5.12. The van der Waals surface area contributed by atoms with Gasteiger partial charge in [0.1, 0.15) is 0 Å². The number of amides is 2. The van der Waals surface area contributed by atoms with Crippen molar-refractivity contribution in [2.45, 2.75) is 13.3 Å². The topological polar surface area (TPSA) is 93.7 Å². The molecule has 0 atom stereocenters. The van der Waals surface area contributed by atoms with E-state index in [2.05, 4.69) is 38.5 Å². The number of β-lactam (4-membered cyclic amide) rings is 1. The van der Waals surface area contributed by atoms with Gasteiger partial charge in [0.05, 0.1) is 16.9 Å². The summed E-state index contributed by atoms with van der Waals surface area (Å²) in [5, 5.41) is 7.10. The standard InChI is InChI=1S/C30H31N7O2/c1-20(38)32-23-8-6-21(7-9-23)25-5-3-4-22-19-31-30(34-29(22)25)33-24-10-11-26(36-16-14-35(2)15-17-36)27(18-24)37-13-12-28(37)39/h3-11,18-19H,12-17H2,1-2H3,(H,32,38)(H,31,33,34). The first kappa shape index (κ1) is 24.8. The first-order valence-corrected chi connectivity index (χ1v) is 13.2. The van der Waals surface area contributed by atoms with Crippen LogP contribution in [0.2, 0.25) is 0 Å². The summed E-state index contributed by atoms with van der Waals surface area (Å²) in [7, 11) is 2.14. The van der Waals surface area contributed by atoms with Crippen LogP contribution in [0.3, 0.4) is 0 Å². The Bertz CT molecular complexity index is 1550. The van der Waals surface area contributed by atoms with E-state index in [0.717, 1.165) is 77.5 Å². The Morgan fingerprint density at radius 1 is 0.897 bits per heavy atom. The number of para-hydroxylation sites is 1. The van der Waals surface area contributed by atoms with Crippen LogP contribution in [0, 0.1) is 0 Å². The van der Waals surface area contributed by atoms with E-state index in [1.54, 1.807) is 0 Å². The average molecular weight is 522 g/mol. The molecule has 2 aliphatic heterocycles. The van der Waals surface area contributed by atoms with E-state index in [4.69, 9.17) is 4.98 Å². The summed E-state index contributed by atoms with van der Waals surface area (Å²) in [6, 6.07) is 19.9. The van der Waals surface area contributed by atoms with Crippen LogP contribution >= 0.6 is 0 Å². The zero-order valence-corrected chi connectivity index (χ0v) is 22.1. The van der Waals surface area contributed by atoms with Crippen LogP contribution in [0.25, 0.3) is 22.0 Å². The molecule has 6 rings (SSSR count). The summed E-state index contributed by atoms with van der Waals surface area (Å²) in [5.41, 5.74) is 6.40. The number of fused-ring (bicyclic) bond motifs is 1. The molecule has 0 bridgehead atoms. The molecule has 2 saturated heterocycles. The second-order valence-corrected chi connectivity index (χ2v) is 10.1. The number of piperazine rings is 1. The van der Waals surface area contributed by atoms with E-state index in [0.29, 0.717) is 12.4 Å². The van der Waals surface area contributed by atoms with Crippen LogP contribution in [0.5, 0.6) is 0 Å². The second-order valence-electron chi connectivity index (χ2n) is 10.1. The van der Waals surface area contributed by atoms with E-state index >= 15 is 0 Å². The number of carbonyl (C=O) groups is 2. The third kappa shape index (κ3) is 5.13. The average Bonchev–Trinajstić information content (AvgIpc) is 2.93. The van der Waals surface area contributed by atoms with Crippen LogP contribution in [-0.2, 0) is 9.59 Å². The summed E-state index contributed by atoms with van der Waals surface area (Å²) in [6.45, 7) is 6.09. The number of anilines is 5. The van der Waals surface area contributed by atoms with E-state index in [1.807, 2.05) is 65.7 Å². The fraction of sp³-hybridized carbons (Fsp3) is 0.267. The van der Waals surface area contributed by atoms with E-state index in [-0.39, 0.29) is 11.8 Å². The molecule has 9 nitrogen and oxygen atoms in total. The van der Waals surface area contributed by atoms with Crippen molar-refractivity contribution in [3.05, 3.63) is 66.9 Å². The molecule has 0 aliphatic carbocycles. The Balaban J connectivity index is 1.31. The van der Waals surface area contributed by atoms with Crippen LogP contribution in [0.15, 0.2) is 66.9 Å². The zero-order chi connectivity index (χ0) is 26.9. The second kappa shape index (κ2) is 10.3. The van der Waals surface area contributed by atoms with E-state index in [9.17, 15) is 9.59 Å². The maximum absolute atomic E-state index is 12.4. The number of benzene rings is 3. The Hall–Kier alpha value is -4.50. The first-order valence-electron chi connectivity index (χ1n) is 13.2. The normalized spacial score (nSPS) is 15.8. The Morgan fingerprint density at radius 2 is 1.67 bits per heavy atom. The number of nitrogens with one attached hydrogen (secondary N) is 2. The number of rotatable bonds is 6. The van der Waals surface area contributed by atoms with Gasteiger partial charge >= 0.3 is 0 Å². The Morgan fingerprint density at radius 3 is 2.36 bits per heavy atom. The van der Waals surface area contributed by atoms with Crippen molar-refractivity contribution in [3.63, 3.8) is 0 Å². The highest BCUT2D eigenvalue weighted by atomic mass is 16.2. The van der Waals surface area contributed by atoms with Crippen LogP contribution in [-0.4, -0.2) is 66.5 Å². The summed E-state index contributed by atoms with van der Waals surface area (Å²) in [6.07, 6.45) is 2.40. The Labute approximate surface area is 227 Å². The summed E-state index contributed by atoms with van der Waals surface area (Å²) < 4.78 is 0. The van der Waals surface area contributed by atoms with Crippen LogP contribution < -0.4 is 20.4 Å². The summed E-state index contributed by atoms with van der Waals surface area (Å²) >= 11 is 0. The highest BCUT2D eigenvalue weighted by molar-refractivity contribution is 6.03. The molecule has 2 amide bonds. The van der Waals surface area contributed by atoms with Crippen molar-refractivity contribution in [3.8, 4) is 11.1 Å². The fourth-order valence-electron chi connectivity index (χ4n) is 5.12. The Kier molecular flexibility index (Phi) is 6.58. The highest BCUT2D eigenvalue weighted by Gasteiger charge is 2.29. The molecule has 2 fully saturated rings. The van der Waals surface area contributed by atoms with Gasteiger partial charge in [-0.2, -0.15) is 0 Å². The zero-order valence-electron chi connectivity index (χ0n) is 22.1. The molecule has 1 aromatic heterocycles. The van der Waals surface area contributed by atoms with Gasteiger partial charge in [-0.05, 0) is 42.9 Å². The lowest BCUT2D eigenvalue weighted by molar-refractivity contribution is -0.122. The predicted molar refractivity (Wildman–Crippen MR) is 156 cm³/mol. The van der Waals surface area contributed by atoms with E-state index in [1.165, 1.54) is 6.92 Å². The monoisotopic (exact) mass is 521 g/mol. The van der Waals surface area contributed by atoms with Gasteiger partial charge in [-0.1, -0.05) is 30.3 Å². The van der Waals surface area contributed by atoms with E-state index < -0.39 is 0 Å². The maximum Gasteiger partial charge on any atom is 0.228 e. The number of aromatic nitrogens is 2. The van der Waals surface area contributed by atoms with Crippen molar-refractivity contribution in [2.24, 2.45) is 0 Å². The minimum atomic E-state index is -0.102. The predicted octanol–water partition coefficient (Wildman–Crippen LogP) is 4.49. The SMILES string of the molecule is CC(=O)Nc1ccc(-c2cccc3cnc(Nc4ccc(N5CCN(C)CC5)c(N5CCC5=O)c4)nc23)cc1. The van der Waals surface area contributed by atoms with Gasteiger partial charge in [0.25, 0.3) is 0 Å². The van der Waals surface area contributed by atoms with Gasteiger partial charge in [-0.3, -0.25) is 9.59 Å². The molecule has 3 heterocycles. The lowest BCUT2D eigenvalue weighted by Crippen LogP contribution is -2.47. The van der Waals surface area contributed by atoms with Gasteiger partial charge in [-0.15, -0.1) is 0 Å². The van der Waals surface area contributed by atoms with Crippen molar-refractivity contribution in [2.75, 3.05) is 60.2 Å². The maximum atomic E-state index is 12.4. The van der Waals surface area contributed by atoms with Crippen molar-refractivity contribution < 1.29 is 9.59 Å². The van der Waals surface area contributed by atoms with Crippen LogP contribution in [0.1, 0.15) is 13.3 Å². The minimum Gasteiger partial charge on any atom is -0.367 e. The molecular formula is C30H31N7O2. The van der Waals surface area contributed by atoms with Crippen LogP contribution in [0.4, 0.5) is 28.7 Å². The molecular weight excluding hydrogens is 490 g/mol. The lowest BCUT2D eigenvalue weighted by atomic mass is 10.0. The van der Waals surface area contributed by atoms with Gasteiger partial charge in [0.15, 0.2) is 0 Å².